The van der Waals surface area contributed by atoms with Crippen LogP contribution in [0.3, 0.4) is 0 Å². The van der Waals surface area contributed by atoms with E-state index in [-0.39, 0.29) is 5.91 Å². The highest BCUT2D eigenvalue weighted by Crippen LogP contribution is 2.17. The number of hydrogen-bond donors (Lipinski definition) is 1. The number of nitrogens with one attached hydrogen (secondary N) is 1. The molecule has 4 rings (SSSR count). The second-order valence-electron chi connectivity index (χ2n) is 6.92. The molecule has 0 saturated heterocycles. The predicted octanol–water partition coefficient (Wildman–Crippen LogP) is 3.65. The Morgan fingerprint density at radius 1 is 0.966 bits per heavy atom. The predicted molar refractivity (Wildman–Crippen MR) is 113 cm³/mol. The van der Waals surface area contributed by atoms with E-state index in [1.807, 2.05) is 77.9 Å². The molecule has 1 N–H and O–H groups in total. The van der Waals surface area contributed by atoms with Crippen molar-refractivity contribution >= 4 is 5.91 Å². The quantitative estimate of drug-likeness (QED) is 0.551. The van der Waals surface area contributed by atoms with Crippen LogP contribution in [0, 0.1) is 13.8 Å². The molecular formula is C23H23N5O. The largest absolute Gasteiger partial charge is 0.352 e. The average Bonchev–Trinajstić information content (AvgIpc) is 3.37. The van der Waals surface area contributed by atoms with Crippen LogP contribution in [-0.4, -0.2) is 32.0 Å². The fourth-order valence-corrected chi connectivity index (χ4v) is 3.44. The molecule has 2 heterocycles. The maximum atomic E-state index is 12.8. The van der Waals surface area contributed by atoms with Crippen molar-refractivity contribution in [3.8, 4) is 11.4 Å². The van der Waals surface area contributed by atoms with Gasteiger partial charge in [0.2, 0.25) is 0 Å². The van der Waals surface area contributed by atoms with Crippen molar-refractivity contribution in [3.05, 3.63) is 95.6 Å². The molecule has 0 unspecified atom stereocenters. The topological polar surface area (TPSA) is 64.7 Å². The Morgan fingerprint density at radius 3 is 2.41 bits per heavy atom. The van der Waals surface area contributed by atoms with Crippen molar-refractivity contribution in [1.82, 2.24) is 24.9 Å². The van der Waals surface area contributed by atoms with Gasteiger partial charge in [0.25, 0.3) is 5.91 Å². The van der Waals surface area contributed by atoms with Crippen molar-refractivity contribution in [2.45, 2.75) is 20.3 Å². The van der Waals surface area contributed by atoms with Crippen LogP contribution in [0.15, 0.2) is 73.1 Å². The minimum Gasteiger partial charge on any atom is -0.352 e. The summed E-state index contributed by atoms with van der Waals surface area (Å²) in [6.07, 6.45) is 4.43. The van der Waals surface area contributed by atoms with Gasteiger partial charge in [0, 0.05) is 18.9 Å². The molecule has 0 atom stereocenters. The molecule has 0 bridgehead atoms. The van der Waals surface area contributed by atoms with Crippen molar-refractivity contribution in [2.24, 2.45) is 0 Å². The van der Waals surface area contributed by atoms with Gasteiger partial charge in [-0.05, 0) is 56.2 Å². The molecule has 0 aliphatic heterocycles. The zero-order valence-corrected chi connectivity index (χ0v) is 16.5. The van der Waals surface area contributed by atoms with Crippen molar-refractivity contribution < 1.29 is 4.79 Å². The summed E-state index contributed by atoms with van der Waals surface area (Å²) in [6.45, 7) is 4.36. The fraction of sp³-hybridized carbons (Fsp3) is 0.174. The van der Waals surface area contributed by atoms with Crippen LogP contribution in [0.1, 0.15) is 27.3 Å². The highest BCUT2D eigenvalue weighted by Gasteiger charge is 2.19. The number of para-hydroxylation sites is 1. The fourth-order valence-electron chi connectivity index (χ4n) is 3.44. The van der Waals surface area contributed by atoms with Crippen LogP contribution in [0.4, 0.5) is 0 Å². The third-order valence-electron chi connectivity index (χ3n) is 4.92. The van der Waals surface area contributed by atoms with E-state index < -0.39 is 0 Å². The molecule has 146 valence electrons. The first-order valence-corrected chi connectivity index (χ1v) is 9.62. The van der Waals surface area contributed by atoms with Crippen molar-refractivity contribution in [1.29, 1.82) is 0 Å². The normalized spacial score (nSPS) is 10.8. The molecule has 6 heteroatoms. The van der Waals surface area contributed by atoms with Gasteiger partial charge in [-0.2, -0.15) is 10.2 Å². The lowest BCUT2D eigenvalue weighted by molar-refractivity contribution is 0.0953. The minimum atomic E-state index is -0.0876. The van der Waals surface area contributed by atoms with Crippen molar-refractivity contribution in [3.63, 3.8) is 0 Å². The molecule has 0 aliphatic rings. The van der Waals surface area contributed by atoms with Crippen molar-refractivity contribution in [2.75, 3.05) is 6.54 Å². The lowest BCUT2D eigenvalue weighted by Gasteiger charge is -2.08. The Hall–Kier alpha value is -3.67. The highest BCUT2D eigenvalue weighted by molar-refractivity contribution is 5.96. The summed E-state index contributed by atoms with van der Waals surface area (Å²) in [5, 5.41) is 11.8. The van der Waals surface area contributed by atoms with Crippen LogP contribution in [-0.2, 0) is 6.42 Å². The van der Waals surface area contributed by atoms with Crippen LogP contribution in [0.2, 0.25) is 0 Å². The zero-order valence-electron chi connectivity index (χ0n) is 16.5. The standard InChI is InChI=1S/C23H23N5O/c1-17-22(18(2)28(26-17)21-7-4-3-5-8-21)23(29)24-15-13-19-9-11-20(12-10-19)27-16-6-14-25-27/h3-12,14,16H,13,15H2,1-2H3,(H,24,29). The third kappa shape index (κ3) is 3.96. The molecule has 2 aromatic heterocycles. The van der Waals surface area contributed by atoms with E-state index in [1.54, 1.807) is 6.20 Å². The SMILES string of the molecule is Cc1nn(-c2ccccc2)c(C)c1C(=O)NCCc1ccc(-n2cccn2)cc1. The van der Waals surface area contributed by atoms with Gasteiger partial charge in [-0.25, -0.2) is 9.36 Å². The van der Waals surface area contributed by atoms with E-state index in [1.165, 1.54) is 0 Å². The first kappa shape index (κ1) is 18.7. The first-order chi connectivity index (χ1) is 14.1. The summed E-state index contributed by atoms with van der Waals surface area (Å²) in [5.74, 6) is -0.0876. The van der Waals surface area contributed by atoms with E-state index in [4.69, 9.17) is 0 Å². The van der Waals surface area contributed by atoms with Gasteiger partial charge in [-0.15, -0.1) is 0 Å². The number of aromatic nitrogens is 4. The van der Waals surface area contributed by atoms with Gasteiger partial charge in [0.05, 0.1) is 28.3 Å². The Morgan fingerprint density at radius 2 is 1.72 bits per heavy atom. The first-order valence-electron chi connectivity index (χ1n) is 9.62. The molecule has 0 saturated carbocycles. The summed E-state index contributed by atoms with van der Waals surface area (Å²) in [7, 11) is 0. The van der Waals surface area contributed by atoms with Gasteiger partial charge in [0.1, 0.15) is 0 Å². The van der Waals surface area contributed by atoms with Crippen LogP contribution in [0.25, 0.3) is 11.4 Å². The van der Waals surface area contributed by atoms with Gasteiger partial charge in [0.15, 0.2) is 0 Å². The van der Waals surface area contributed by atoms with E-state index in [0.717, 1.165) is 34.7 Å². The molecule has 0 radical (unpaired) electrons. The Kier molecular flexibility index (Phi) is 5.24. The number of amides is 1. The van der Waals surface area contributed by atoms with E-state index in [0.29, 0.717) is 12.1 Å². The number of nitrogens with zero attached hydrogens (tertiary/aromatic N) is 4. The summed E-state index contributed by atoms with van der Waals surface area (Å²) in [5.41, 5.74) is 5.34. The third-order valence-corrected chi connectivity index (χ3v) is 4.92. The Labute approximate surface area is 169 Å². The second kappa shape index (κ2) is 8.14. The summed E-state index contributed by atoms with van der Waals surface area (Å²) >= 11 is 0. The monoisotopic (exact) mass is 385 g/mol. The molecule has 2 aromatic carbocycles. The molecular weight excluding hydrogens is 362 g/mol. The van der Waals surface area contributed by atoms with E-state index >= 15 is 0 Å². The van der Waals surface area contributed by atoms with E-state index in [2.05, 4.69) is 27.6 Å². The molecule has 4 aromatic rings. The highest BCUT2D eigenvalue weighted by atomic mass is 16.1. The molecule has 0 fully saturated rings. The average molecular weight is 385 g/mol. The van der Waals surface area contributed by atoms with Gasteiger partial charge in [-0.1, -0.05) is 30.3 Å². The number of rotatable bonds is 6. The number of benzene rings is 2. The maximum Gasteiger partial charge on any atom is 0.255 e. The summed E-state index contributed by atoms with van der Waals surface area (Å²) in [4.78, 5) is 12.8. The number of aryl methyl sites for hydroxylation is 1. The maximum absolute atomic E-state index is 12.8. The minimum absolute atomic E-state index is 0.0876. The molecule has 29 heavy (non-hydrogen) atoms. The van der Waals surface area contributed by atoms with Crippen LogP contribution in [0.5, 0.6) is 0 Å². The van der Waals surface area contributed by atoms with E-state index in [9.17, 15) is 4.79 Å². The molecule has 6 nitrogen and oxygen atoms in total. The summed E-state index contributed by atoms with van der Waals surface area (Å²) < 4.78 is 3.64. The second-order valence-corrected chi connectivity index (χ2v) is 6.92. The lowest BCUT2D eigenvalue weighted by atomic mass is 10.1. The van der Waals surface area contributed by atoms with Gasteiger partial charge >= 0.3 is 0 Å². The van der Waals surface area contributed by atoms with Crippen LogP contribution >= 0.6 is 0 Å². The smallest absolute Gasteiger partial charge is 0.255 e. The number of hydrogen-bond acceptors (Lipinski definition) is 3. The lowest BCUT2D eigenvalue weighted by Crippen LogP contribution is -2.26. The van der Waals surface area contributed by atoms with Gasteiger partial charge < -0.3 is 5.32 Å². The summed E-state index contributed by atoms with van der Waals surface area (Å²) in [6, 6.07) is 19.9. The van der Waals surface area contributed by atoms with Crippen LogP contribution < -0.4 is 5.32 Å². The van der Waals surface area contributed by atoms with Gasteiger partial charge in [-0.3, -0.25) is 4.79 Å². The zero-order chi connectivity index (χ0) is 20.2. The Bertz CT molecular complexity index is 1100. The number of carbonyl (C=O) groups excluding carboxylic acids is 1. The molecule has 0 spiro atoms. The number of carbonyl (C=O) groups is 1. The Balaban J connectivity index is 1.40. The molecule has 0 aliphatic carbocycles. The molecule has 1 amide bonds.